The average molecular weight is 326 g/mol. The number of benzene rings is 1. The highest BCUT2D eigenvalue weighted by atomic mass is 32.2. The summed E-state index contributed by atoms with van der Waals surface area (Å²) in [4.78, 5) is 13.2. The van der Waals surface area contributed by atoms with Crippen LogP contribution in [0.25, 0.3) is 0 Å². The van der Waals surface area contributed by atoms with Gasteiger partial charge >= 0.3 is 5.97 Å². The van der Waals surface area contributed by atoms with E-state index in [4.69, 9.17) is 5.14 Å². The summed E-state index contributed by atoms with van der Waals surface area (Å²) in [6.07, 6.45) is 0. The minimum atomic E-state index is -3.93. The van der Waals surface area contributed by atoms with Crippen molar-refractivity contribution in [3.05, 3.63) is 45.6 Å². The number of hydrogen-bond donors (Lipinski definition) is 3. The van der Waals surface area contributed by atoms with Gasteiger partial charge < -0.3 is 10.4 Å². The molecule has 0 aliphatic heterocycles. The van der Waals surface area contributed by atoms with E-state index in [1.807, 2.05) is 19.1 Å². The van der Waals surface area contributed by atoms with E-state index in [0.29, 0.717) is 12.2 Å². The topological polar surface area (TPSA) is 109 Å². The molecule has 0 spiro atoms. The molecule has 2 aromatic rings. The molecule has 0 aliphatic carbocycles. The third kappa shape index (κ3) is 3.81. The van der Waals surface area contributed by atoms with E-state index in [2.05, 4.69) is 5.32 Å². The maximum atomic E-state index is 11.3. The Labute approximate surface area is 126 Å². The van der Waals surface area contributed by atoms with Crippen LogP contribution in [0.3, 0.4) is 0 Å². The Hall–Kier alpha value is -1.90. The first kappa shape index (κ1) is 15.5. The number of carbonyl (C=O) groups is 1. The van der Waals surface area contributed by atoms with Gasteiger partial charge in [-0.15, -0.1) is 11.3 Å². The molecule has 21 heavy (non-hydrogen) atoms. The highest BCUT2D eigenvalue weighted by molar-refractivity contribution is 7.89. The van der Waals surface area contributed by atoms with Gasteiger partial charge in [0.15, 0.2) is 0 Å². The summed E-state index contributed by atoms with van der Waals surface area (Å²) < 4.78 is 22.5. The van der Waals surface area contributed by atoms with Gasteiger partial charge in [-0.25, -0.2) is 18.4 Å². The number of carboxylic acid groups (broad SMARTS) is 1. The van der Waals surface area contributed by atoms with Crippen LogP contribution in [0, 0.1) is 6.92 Å². The fourth-order valence-electron chi connectivity index (χ4n) is 1.79. The molecule has 0 atom stereocenters. The summed E-state index contributed by atoms with van der Waals surface area (Å²) in [5.41, 5.74) is 0.218. The first-order valence-corrected chi connectivity index (χ1v) is 8.33. The van der Waals surface area contributed by atoms with Crippen molar-refractivity contribution in [1.82, 2.24) is 0 Å². The lowest BCUT2D eigenvalue weighted by Crippen LogP contribution is -2.14. The van der Waals surface area contributed by atoms with E-state index in [9.17, 15) is 18.3 Å². The first-order chi connectivity index (χ1) is 9.77. The smallest absolute Gasteiger partial charge is 0.337 e. The summed E-state index contributed by atoms with van der Waals surface area (Å²) in [6.45, 7) is 2.45. The highest BCUT2D eigenvalue weighted by Crippen LogP contribution is 2.22. The Morgan fingerprint density at radius 3 is 2.57 bits per heavy atom. The lowest BCUT2D eigenvalue weighted by Gasteiger charge is -2.10. The molecule has 4 N–H and O–H groups in total. The van der Waals surface area contributed by atoms with Crippen LogP contribution in [0.1, 0.15) is 20.1 Å². The van der Waals surface area contributed by atoms with Gasteiger partial charge in [0, 0.05) is 22.0 Å². The Morgan fingerprint density at radius 2 is 2.05 bits per heavy atom. The summed E-state index contributed by atoms with van der Waals surface area (Å²) in [7, 11) is -3.93. The van der Waals surface area contributed by atoms with Gasteiger partial charge in [0.2, 0.25) is 10.0 Å². The molecule has 0 unspecified atom stereocenters. The van der Waals surface area contributed by atoms with Gasteiger partial charge in [-0.3, -0.25) is 0 Å². The molecule has 6 nitrogen and oxygen atoms in total. The quantitative estimate of drug-likeness (QED) is 0.778. The van der Waals surface area contributed by atoms with E-state index in [0.717, 1.165) is 15.8 Å². The first-order valence-electron chi connectivity index (χ1n) is 5.96. The molecule has 0 saturated heterocycles. The van der Waals surface area contributed by atoms with Crippen molar-refractivity contribution in [3.8, 4) is 0 Å². The molecule has 0 fully saturated rings. The summed E-state index contributed by atoms with van der Waals surface area (Å²) >= 11 is 1.60. The largest absolute Gasteiger partial charge is 0.478 e. The second kappa shape index (κ2) is 5.84. The minimum absolute atomic E-state index is 0.130. The number of aryl methyl sites for hydroxylation is 1. The minimum Gasteiger partial charge on any atom is -0.478 e. The molecule has 112 valence electrons. The fourth-order valence-corrected chi connectivity index (χ4v) is 3.16. The number of carboxylic acids is 1. The lowest BCUT2D eigenvalue weighted by atomic mass is 10.2. The molecule has 0 bridgehead atoms. The van der Waals surface area contributed by atoms with Crippen molar-refractivity contribution in [3.63, 3.8) is 0 Å². The van der Waals surface area contributed by atoms with Crippen molar-refractivity contribution in [1.29, 1.82) is 0 Å². The summed E-state index contributed by atoms with van der Waals surface area (Å²) in [5.74, 6) is -1.22. The van der Waals surface area contributed by atoms with E-state index >= 15 is 0 Å². The van der Waals surface area contributed by atoms with Gasteiger partial charge in [0.25, 0.3) is 0 Å². The Balaban J connectivity index is 2.28. The molecular weight excluding hydrogens is 312 g/mol. The SMILES string of the molecule is Cc1ccc(CNc2ccc(S(N)(=O)=O)cc2C(=O)O)s1. The normalized spacial score (nSPS) is 11.3. The van der Waals surface area contributed by atoms with Crippen molar-refractivity contribution in [2.45, 2.75) is 18.4 Å². The van der Waals surface area contributed by atoms with Gasteiger partial charge in [0.05, 0.1) is 10.5 Å². The van der Waals surface area contributed by atoms with Crippen molar-refractivity contribution >= 4 is 33.0 Å². The molecule has 8 heteroatoms. The van der Waals surface area contributed by atoms with E-state index in [1.165, 1.54) is 12.1 Å². The van der Waals surface area contributed by atoms with Gasteiger partial charge in [-0.05, 0) is 37.3 Å². The third-order valence-electron chi connectivity index (χ3n) is 2.80. The van der Waals surface area contributed by atoms with Crippen molar-refractivity contribution in [2.24, 2.45) is 5.14 Å². The van der Waals surface area contributed by atoms with E-state index < -0.39 is 16.0 Å². The van der Waals surface area contributed by atoms with Crippen LogP contribution in [0.2, 0.25) is 0 Å². The molecule has 0 saturated carbocycles. The van der Waals surface area contributed by atoms with Crippen LogP contribution in [-0.4, -0.2) is 19.5 Å². The standard InChI is InChI=1S/C13H14N2O4S2/c1-8-2-3-9(20-8)7-15-12-5-4-10(21(14,18)19)6-11(12)13(16)17/h2-6,15H,7H2,1H3,(H,16,17)(H2,14,18,19). The van der Waals surface area contributed by atoms with Crippen molar-refractivity contribution in [2.75, 3.05) is 5.32 Å². The number of hydrogen-bond acceptors (Lipinski definition) is 5. The van der Waals surface area contributed by atoms with E-state index in [1.54, 1.807) is 11.3 Å². The number of nitrogens with one attached hydrogen (secondary N) is 1. The monoisotopic (exact) mass is 326 g/mol. The molecule has 0 aliphatic rings. The molecule has 1 aromatic carbocycles. The lowest BCUT2D eigenvalue weighted by molar-refractivity contribution is 0.0697. The number of rotatable bonds is 5. The van der Waals surface area contributed by atoms with Crippen LogP contribution < -0.4 is 10.5 Å². The zero-order valence-corrected chi connectivity index (χ0v) is 12.8. The van der Waals surface area contributed by atoms with Crippen LogP contribution in [0.4, 0.5) is 5.69 Å². The Kier molecular flexibility index (Phi) is 4.31. The predicted molar refractivity (Wildman–Crippen MR) is 81.2 cm³/mol. The highest BCUT2D eigenvalue weighted by Gasteiger charge is 2.16. The molecule has 1 aromatic heterocycles. The number of primary sulfonamides is 1. The zero-order chi connectivity index (χ0) is 15.6. The molecule has 1 heterocycles. The molecule has 2 rings (SSSR count). The number of sulfonamides is 1. The Morgan fingerprint density at radius 1 is 1.33 bits per heavy atom. The number of thiophene rings is 1. The molecule has 0 radical (unpaired) electrons. The number of nitrogens with two attached hydrogens (primary N) is 1. The second-order valence-corrected chi connectivity index (χ2v) is 7.36. The van der Waals surface area contributed by atoms with Crippen LogP contribution in [0.5, 0.6) is 0 Å². The zero-order valence-electron chi connectivity index (χ0n) is 11.2. The average Bonchev–Trinajstić information content (AvgIpc) is 2.80. The summed E-state index contributed by atoms with van der Waals surface area (Å²) in [5, 5.41) is 17.2. The van der Waals surface area contributed by atoms with Gasteiger partial charge in [-0.1, -0.05) is 0 Å². The van der Waals surface area contributed by atoms with E-state index in [-0.39, 0.29) is 10.5 Å². The van der Waals surface area contributed by atoms with Crippen LogP contribution >= 0.6 is 11.3 Å². The molecule has 0 amide bonds. The predicted octanol–water partition coefficient (Wildman–Crippen LogP) is 2.01. The Bertz CT molecular complexity index is 781. The third-order valence-corrected chi connectivity index (χ3v) is 4.71. The van der Waals surface area contributed by atoms with Crippen LogP contribution in [-0.2, 0) is 16.6 Å². The van der Waals surface area contributed by atoms with Crippen LogP contribution in [0.15, 0.2) is 35.2 Å². The van der Waals surface area contributed by atoms with Gasteiger partial charge in [-0.2, -0.15) is 0 Å². The van der Waals surface area contributed by atoms with Crippen molar-refractivity contribution < 1.29 is 18.3 Å². The number of aromatic carboxylic acids is 1. The summed E-state index contributed by atoms with van der Waals surface area (Å²) in [6, 6.07) is 7.67. The van der Waals surface area contributed by atoms with Gasteiger partial charge in [0.1, 0.15) is 0 Å². The molecular formula is C13H14N2O4S2. The second-order valence-electron chi connectivity index (χ2n) is 4.42. The maximum absolute atomic E-state index is 11.3. The number of anilines is 1. The fraction of sp³-hybridized carbons (Fsp3) is 0.154. The maximum Gasteiger partial charge on any atom is 0.337 e.